The summed E-state index contributed by atoms with van der Waals surface area (Å²) in [6.07, 6.45) is 0. The molecule has 1 aromatic heterocycles. The van der Waals surface area contributed by atoms with E-state index in [0.717, 1.165) is 0 Å². The van der Waals surface area contributed by atoms with Crippen molar-refractivity contribution in [2.24, 2.45) is 0 Å². The van der Waals surface area contributed by atoms with Gasteiger partial charge in [0.2, 0.25) is 0 Å². The molecule has 0 bridgehead atoms. The van der Waals surface area contributed by atoms with Gasteiger partial charge in [0.25, 0.3) is 0 Å². The van der Waals surface area contributed by atoms with Crippen molar-refractivity contribution in [3.8, 4) is 0 Å². The fraction of sp³-hybridized carbons (Fsp3) is 0.333. The summed E-state index contributed by atoms with van der Waals surface area (Å²) in [6, 6.07) is 0. The molecular weight excluding hydrogens is 174 g/mol. The molecule has 8 heavy (non-hydrogen) atoms. The number of nitrogens with one attached hydrogen (secondary N) is 2. The molecule has 0 atom stereocenters. The van der Waals surface area contributed by atoms with E-state index in [0.29, 0.717) is 11.2 Å². The number of hydrogen-bond acceptors (Lipinski definition) is 2. The second-order valence-electron chi connectivity index (χ2n) is 1.26. The Morgan fingerprint density at radius 1 is 1.75 bits per heavy atom. The molecule has 44 valence electrons. The van der Waals surface area contributed by atoms with Crippen LogP contribution < -0.4 is 5.69 Å². The second kappa shape index (κ2) is 2.13. The maximum atomic E-state index is 10.3. The third-order valence-corrected chi connectivity index (χ3v) is 1.21. The molecule has 0 fully saturated rings. The van der Waals surface area contributed by atoms with E-state index >= 15 is 0 Å². The van der Waals surface area contributed by atoms with Gasteiger partial charge in [-0.15, -0.1) is 0 Å². The summed E-state index contributed by atoms with van der Waals surface area (Å²) >= 11 is 3.12. The van der Waals surface area contributed by atoms with Crippen LogP contribution in [0.4, 0.5) is 0 Å². The zero-order valence-corrected chi connectivity index (χ0v) is 5.53. The Morgan fingerprint density at radius 3 is 2.75 bits per heavy atom. The number of rotatable bonds is 1. The third-order valence-electron chi connectivity index (χ3n) is 0.677. The van der Waals surface area contributed by atoms with Crippen LogP contribution in [0, 0.1) is 0 Å². The third kappa shape index (κ3) is 0.975. The van der Waals surface area contributed by atoms with Gasteiger partial charge in [-0.2, -0.15) is 5.10 Å². The highest BCUT2D eigenvalue weighted by Gasteiger charge is 1.90. The molecule has 0 spiro atoms. The van der Waals surface area contributed by atoms with E-state index in [-0.39, 0.29) is 5.69 Å². The molecule has 0 unspecified atom stereocenters. The lowest BCUT2D eigenvalue weighted by Crippen LogP contribution is -2.00. The van der Waals surface area contributed by atoms with Gasteiger partial charge in [0.05, 0.1) is 5.33 Å². The molecule has 1 aromatic rings. The van der Waals surface area contributed by atoms with E-state index in [1.165, 1.54) is 0 Å². The van der Waals surface area contributed by atoms with E-state index < -0.39 is 0 Å². The van der Waals surface area contributed by atoms with Gasteiger partial charge in [0, 0.05) is 0 Å². The lowest BCUT2D eigenvalue weighted by Gasteiger charge is -1.75. The maximum absolute atomic E-state index is 10.3. The summed E-state index contributed by atoms with van der Waals surface area (Å²) < 4.78 is 0. The minimum Gasteiger partial charge on any atom is -0.292 e. The highest BCUT2D eigenvalue weighted by Crippen LogP contribution is 1.90. The first-order valence-corrected chi connectivity index (χ1v) is 3.14. The number of nitrogens with zero attached hydrogens (tertiary/aromatic N) is 1. The number of alkyl halides is 1. The summed E-state index contributed by atoms with van der Waals surface area (Å²) in [5.74, 6) is 0.620. The number of hydrogen-bond donors (Lipinski definition) is 2. The van der Waals surface area contributed by atoms with Gasteiger partial charge in [0.1, 0.15) is 5.82 Å². The van der Waals surface area contributed by atoms with Crippen LogP contribution in [-0.2, 0) is 5.33 Å². The molecule has 1 rings (SSSR count). The monoisotopic (exact) mass is 177 g/mol. The summed E-state index contributed by atoms with van der Waals surface area (Å²) in [4.78, 5) is 12.7. The van der Waals surface area contributed by atoms with Crippen LogP contribution in [0.1, 0.15) is 5.82 Å². The van der Waals surface area contributed by atoms with E-state index in [1.54, 1.807) is 0 Å². The molecule has 0 aliphatic carbocycles. The van der Waals surface area contributed by atoms with Gasteiger partial charge in [0.15, 0.2) is 0 Å². The summed E-state index contributed by atoms with van der Waals surface area (Å²) in [6.45, 7) is 0. The molecule has 1 heterocycles. The van der Waals surface area contributed by atoms with Gasteiger partial charge in [-0.1, -0.05) is 15.9 Å². The van der Waals surface area contributed by atoms with Crippen molar-refractivity contribution in [2.75, 3.05) is 0 Å². The van der Waals surface area contributed by atoms with Crippen molar-refractivity contribution in [3.05, 3.63) is 16.3 Å². The summed E-state index contributed by atoms with van der Waals surface area (Å²) in [7, 11) is 0. The van der Waals surface area contributed by atoms with Gasteiger partial charge in [-0.05, 0) is 0 Å². The van der Waals surface area contributed by atoms with Crippen LogP contribution in [0.2, 0.25) is 0 Å². The summed E-state index contributed by atoms with van der Waals surface area (Å²) in [5.41, 5.74) is -0.264. The standard InChI is InChI=1S/C3H4BrN3O/c4-1-2-5-3(8)7-6-2/h1H2,(H2,5,6,7,8). The predicted molar refractivity (Wildman–Crippen MR) is 31.8 cm³/mol. The van der Waals surface area contributed by atoms with Crippen molar-refractivity contribution < 1.29 is 0 Å². The average Bonchev–Trinajstić information content (AvgIpc) is 2.14. The Morgan fingerprint density at radius 2 is 2.50 bits per heavy atom. The molecular formula is C3H4BrN3O. The van der Waals surface area contributed by atoms with Gasteiger partial charge in [-0.3, -0.25) is 4.98 Å². The molecule has 0 saturated heterocycles. The molecule has 0 aliphatic heterocycles. The fourth-order valence-electron chi connectivity index (χ4n) is 0.368. The van der Waals surface area contributed by atoms with Crippen molar-refractivity contribution in [2.45, 2.75) is 5.33 Å². The average molecular weight is 178 g/mol. The Bertz CT molecular complexity index is 214. The quantitative estimate of drug-likeness (QED) is 0.594. The van der Waals surface area contributed by atoms with Crippen LogP contribution in [0.25, 0.3) is 0 Å². The van der Waals surface area contributed by atoms with Crippen molar-refractivity contribution >= 4 is 15.9 Å². The highest BCUT2D eigenvalue weighted by atomic mass is 79.9. The normalized spacial score (nSPS) is 9.62. The number of halogens is 1. The number of aromatic nitrogens is 3. The zero-order valence-electron chi connectivity index (χ0n) is 3.94. The molecule has 0 radical (unpaired) electrons. The van der Waals surface area contributed by atoms with Crippen molar-refractivity contribution in [1.29, 1.82) is 0 Å². The van der Waals surface area contributed by atoms with Crippen LogP contribution in [0.5, 0.6) is 0 Å². The molecule has 0 amide bonds. The molecule has 5 heteroatoms. The SMILES string of the molecule is O=c1[nH]nc(CBr)[nH]1. The van der Waals surface area contributed by atoms with Gasteiger partial charge < -0.3 is 0 Å². The smallest absolute Gasteiger partial charge is 0.292 e. The Labute approximate surface area is 53.4 Å². The van der Waals surface area contributed by atoms with Crippen LogP contribution in [0.15, 0.2) is 4.79 Å². The van der Waals surface area contributed by atoms with E-state index in [4.69, 9.17) is 0 Å². The lowest BCUT2D eigenvalue weighted by molar-refractivity contribution is 1.02. The Hall–Kier alpha value is -0.580. The largest absolute Gasteiger partial charge is 0.340 e. The van der Waals surface area contributed by atoms with Crippen molar-refractivity contribution in [3.63, 3.8) is 0 Å². The minimum absolute atomic E-state index is 0.264. The molecule has 0 aliphatic rings. The first-order valence-electron chi connectivity index (χ1n) is 2.02. The van der Waals surface area contributed by atoms with Crippen LogP contribution in [0.3, 0.4) is 0 Å². The number of H-pyrrole nitrogens is 2. The van der Waals surface area contributed by atoms with Crippen molar-refractivity contribution in [1.82, 2.24) is 15.2 Å². The first-order chi connectivity index (χ1) is 3.83. The maximum Gasteiger partial charge on any atom is 0.340 e. The Balaban J connectivity index is 3.01. The molecule has 2 N–H and O–H groups in total. The molecule has 4 nitrogen and oxygen atoms in total. The van der Waals surface area contributed by atoms with Crippen LogP contribution in [-0.4, -0.2) is 15.2 Å². The van der Waals surface area contributed by atoms with Gasteiger partial charge in [-0.25, -0.2) is 9.89 Å². The summed E-state index contributed by atoms with van der Waals surface area (Å²) in [5, 5.41) is 6.40. The zero-order chi connectivity index (χ0) is 5.98. The fourth-order valence-corrected chi connectivity index (χ4v) is 0.634. The predicted octanol–water partition coefficient (Wildman–Crippen LogP) is -0.00710. The van der Waals surface area contributed by atoms with E-state index in [9.17, 15) is 4.79 Å². The lowest BCUT2D eigenvalue weighted by atomic mass is 10.8. The van der Waals surface area contributed by atoms with Gasteiger partial charge >= 0.3 is 5.69 Å². The molecule has 0 aromatic carbocycles. The number of aromatic amines is 2. The van der Waals surface area contributed by atoms with E-state index in [2.05, 4.69) is 31.1 Å². The molecule has 0 saturated carbocycles. The minimum atomic E-state index is -0.264. The van der Waals surface area contributed by atoms with E-state index in [1.807, 2.05) is 0 Å². The van der Waals surface area contributed by atoms with Crippen LogP contribution >= 0.6 is 15.9 Å². The first kappa shape index (κ1) is 5.55. The topological polar surface area (TPSA) is 61.5 Å². The second-order valence-corrected chi connectivity index (χ2v) is 1.82. The highest BCUT2D eigenvalue weighted by molar-refractivity contribution is 9.08. The Kier molecular flexibility index (Phi) is 1.48.